The van der Waals surface area contributed by atoms with Crippen LogP contribution < -0.4 is 4.74 Å². The van der Waals surface area contributed by atoms with E-state index in [1.54, 1.807) is 18.3 Å². The summed E-state index contributed by atoms with van der Waals surface area (Å²) >= 11 is 0. The van der Waals surface area contributed by atoms with Crippen LogP contribution >= 0.6 is 0 Å². The van der Waals surface area contributed by atoms with Crippen LogP contribution in [-0.2, 0) is 0 Å². The molecule has 0 radical (unpaired) electrons. The number of carboxylic acid groups (broad SMARTS) is 1. The normalized spacial score (nSPS) is 10.3. The minimum atomic E-state index is -1.26. The maximum Gasteiger partial charge on any atom is 0.339 e. The average Bonchev–Trinajstić information content (AvgIpc) is 2.67. The van der Waals surface area contributed by atoms with Crippen molar-refractivity contribution in [1.29, 1.82) is 5.26 Å². The molecule has 0 aliphatic rings. The molecule has 7 heteroatoms. The van der Waals surface area contributed by atoms with Crippen LogP contribution in [0, 0.1) is 18.3 Å². The fourth-order valence-electron chi connectivity index (χ4n) is 2.83. The lowest BCUT2D eigenvalue weighted by atomic mass is 9.93. The van der Waals surface area contributed by atoms with E-state index in [9.17, 15) is 20.3 Å². The number of carbonyl (C=O) groups is 1. The van der Waals surface area contributed by atoms with Gasteiger partial charge in [-0.3, -0.25) is 4.98 Å². The summed E-state index contributed by atoms with van der Waals surface area (Å²) in [5, 5.41) is 28.4. The summed E-state index contributed by atoms with van der Waals surface area (Å²) in [5.74, 6) is -1.19. The van der Waals surface area contributed by atoms with Crippen molar-refractivity contribution >= 4 is 5.97 Å². The summed E-state index contributed by atoms with van der Waals surface area (Å²) < 4.78 is 5.06. The molecular formula is C20H15N3O4. The number of hydrogen-bond acceptors (Lipinski definition) is 6. The highest BCUT2D eigenvalue weighted by Crippen LogP contribution is 2.33. The third-order valence-corrected chi connectivity index (χ3v) is 4.10. The number of benzene rings is 1. The van der Waals surface area contributed by atoms with Crippen LogP contribution in [0.15, 0.2) is 42.7 Å². The van der Waals surface area contributed by atoms with Crippen molar-refractivity contribution in [2.24, 2.45) is 0 Å². The van der Waals surface area contributed by atoms with Gasteiger partial charge in [-0.15, -0.1) is 0 Å². The fraction of sp³-hybridized carbons (Fsp3) is 0.100. The third kappa shape index (κ3) is 3.41. The summed E-state index contributed by atoms with van der Waals surface area (Å²) in [6.07, 6.45) is 2.71. The van der Waals surface area contributed by atoms with Crippen molar-refractivity contribution in [2.75, 3.05) is 7.11 Å². The van der Waals surface area contributed by atoms with Gasteiger partial charge in [-0.2, -0.15) is 5.26 Å². The van der Waals surface area contributed by atoms with Crippen molar-refractivity contribution in [3.63, 3.8) is 0 Å². The highest BCUT2D eigenvalue weighted by atomic mass is 16.5. The second-order valence-electron chi connectivity index (χ2n) is 5.81. The Morgan fingerprint density at radius 2 is 1.93 bits per heavy atom. The van der Waals surface area contributed by atoms with E-state index in [-0.39, 0.29) is 5.56 Å². The number of aromatic nitrogens is 2. The number of nitriles is 1. The zero-order chi connectivity index (χ0) is 19.6. The largest absolute Gasteiger partial charge is 0.505 e. The molecule has 134 valence electrons. The molecule has 3 aromatic rings. The lowest BCUT2D eigenvalue weighted by Gasteiger charge is -2.12. The molecule has 0 unspecified atom stereocenters. The number of pyridine rings is 2. The van der Waals surface area contributed by atoms with E-state index in [4.69, 9.17) is 4.74 Å². The van der Waals surface area contributed by atoms with E-state index in [1.165, 1.54) is 13.2 Å². The van der Waals surface area contributed by atoms with Gasteiger partial charge in [-0.1, -0.05) is 0 Å². The Hall–Kier alpha value is -3.92. The van der Waals surface area contributed by atoms with Crippen LogP contribution in [0.5, 0.6) is 11.6 Å². The van der Waals surface area contributed by atoms with Crippen molar-refractivity contribution in [3.8, 4) is 40.1 Å². The molecule has 1 aromatic carbocycles. The minimum Gasteiger partial charge on any atom is -0.505 e. The van der Waals surface area contributed by atoms with Gasteiger partial charge in [0.15, 0.2) is 0 Å². The zero-order valence-electron chi connectivity index (χ0n) is 14.6. The molecule has 3 rings (SSSR count). The number of rotatable bonds is 4. The van der Waals surface area contributed by atoms with Crippen LogP contribution in [0.3, 0.4) is 0 Å². The Morgan fingerprint density at radius 3 is 2.52 bits per heavy atom. The molecule has 0 spiro atoms. The number of ether oxygens (including phenoxy) is 1. The molecular weight excluding hydrogens is 346 g/mol. The van der Waals surface area contributed by atoms with Gasteiger partial charge in [0, 0.05) is 29.0 Å². The summed E-state index contributed by atoms with van der Waals surface area (Å²) in [4.78, 5) is 19.5. The number of aromatic carboxylic acids is 1. The molecule has 2 aromatic heterocycles. The maximum atomic E-state index is 11.2. The Labute approximate surface area is 155 Å². The summed E-state index contributed by atoms with van der Waals surface area (Å²) in [7, 11) is 1.53. The van der Waals surface area contributed by atoms with Gasteiger partial charge < -0.3 is 14.9 Å². The Balaban J connectivity index is 2.13. The van der Waals surface area contributed by atoms with E-state index in [0.717, 1.165) is 22.9 Å². The van der Waals surface area contributed by atoms with Crippen molar-refractivity contribution < 1.29 is 19.7 Å². The molecule has 0 aliphatic heterocycles. The summed E-state index contributed by atoms with van der Waals surface area (Å²) in [6, 6.07) is 10.4. The first-order chi connectivity index (χ1) is 12.9. The van der Waals surface area contributed by atoms with E-state index in [2.05, 4.69) is 16.0 Å². The number of nitrogens with zero attached hydrogens (tertiary/aromatic N) is 3. The lowest BCUT2D eigenvalue weighted by molar-refractivity contribution is 0.0693. The summed E-state index contributed by atoms with van der Waals surface area (Å²) in [6.45, 7) is 1.85. The Bertz CT molecular complexity index is 1070. The highest BCUT2D eigenvalue weighted by Gasteiger charge is 2.16. The lowest BCUT2D eigenvalue weighted by Crippen LogP contribution is -1.99. The predicted molar refractivity (Wildman–Crippen MR) is 97.5 cm³/mol. The smallest absolute Gasteiger partial charge is 0.339 e. The van der Waals surface area contributed by atoms with Gasteiger partial charge in [0.25, 0.3) is 0 Å². The second-order valence-corrected chi connectivity index (χ2v) is 5.81. The molecule has 2 heterocycles. The van der Waals surface area contributed by atoms with E-state index >= 15 is 0 Å². The van der Waals surface area contributed by atoms with E-state index in [1.807, 2.05) is 19.1 Å². The average molecular weight is 361 g/mol. The first-order valence-corrected chi connectivity index (χ1v) is 7.92. The molecule has 0 amide bonds. The monoisotopic (exact) mass is 361 g/mol. The molecule has 7 nitrogen and oxygen atoms in total. The van der Waals surface area contributed by atoms with E-state index < -0.39 is 11.7 Å². The Kier molecular flexibility index (Phi) is 4.73. The number of aromatic hydroxyl groups is 1. The fourth-order valence-corrected chi connectivity index (χ4v) is 2.83. The number of hydrogen-bond donors (Lipinski definition) is 2. The van der Waals surface area contributed by atoms with Gasteiger partial charge in [-0.25, -0.2) is 9.78 Å². The van der Waals surface area contributed by atoms with Crippen molar-refractivity contribution in [3.05, 3.63) is 59.4 Å². The minimum absolute atomic E-state index is 0.250. The molecule has 27 heavy (non-hydrogen) atoms. The van der Waals surface area contributed by atoms with Gasteiger partial charge in [0.2, 0.25) is 5.88 Å². The first kappa shape index (κ1) is 17.9. The quantitative estimate of drug-likeness (QED) is 0.731. The standard InChI is InChI=1S/C20H15N3O4/c1-11-5-13(16-7-15(20(25)26)17(24)10-22-16)6-14(8-21)19(11)12-3-4-18(27-2)23-9-12/h3-7,9-10,24H,1-2H3,(H,25,26). The van der Waals surface area contributed by atoms with Crippen LogP contribution in [0.2, 0.25) is 0 Å². The number of aryl methyl sites for hydroxylation is 1. The molecule has 0 atom stereocenters. The maximum absolute atomic E-state index is 11.2. The highest BCUT2D eigenvalue weighted by molar-refractivity contribution is 5.92. The first-order valence-electron chi connectivity index (χ1n) is 7.92. The number of methoxy groups -OCH3 is 1. The SMILES string of the molecule is COc1ccc(-c2c(C)cc(-c3cc(C(=O)O)c(O)cn3)cc2C#N)cn1. The molecule has 2 N–H and O–H groups in total. The van der Waals surface area contributed by atoms with Gasteiger partial charge in [-0.05, 0) is 36.8 Å². The summed E-state index contributed by atoms with van der Waals surface area (Å²) in [5.41, 5.74) is 3.39. The Morgan fingerprint density at radius 1 is 1.15 bits per heavy atom. The van der Waals surface area contributed by atoms with Crippen LogP contribution in [0.1, 0.15) is 21.5 Å². The molecule has 0 aliphatic carbocycles. The van der Waals surface area contributed by atoms with E-state index in [0.29, 0.717) is 22.7 Å². The van der Waals surface area contributed by atoms with Crippen molar-refractivity contribution in [1.82, 2.24) is 9.97 Å². The topological polar surface area (TPSA) is 116 Å². The molecule has 0 saturated carbocycles. The number of carboxylic acids is 1. The van der Waals surface area contributed by atoms with Crippen LogP contribution in [-0.4, -0.2) is 33.3 Å². The van der Waals surface area contributed by atoms with Gasteiger partial charge in [0.1, 0.15) is 11.3 Å². The zero-order valence-corrected chi connectivity index (χ0v) is 14.6. The van der Waals surface area contributed by atoms with Gasteiger partial charge in [0.05, 0.1) is 30.6 Å². The molecule has 0 fully saturated rings. The molecule has 0 bridgehead atoms. The van der Waals surface area contributed by atoms with Crippen LogP contribution in [0.4, 0.5) is 0 Å². The third-order valence-electron chi connectivity index (χ3n) is 4.10. The predicted octanol–water partition coefficient (Wildman–Crippen LogP) is 3.40. The molecule has 0 saturated heterocycles. The van der Waals surface area contributed by atoms with Gasteiger partial charge >= 0.3 is 5.97 Å². The van der Waals surface area contributed by atoms with Crippen molar-refractivity contribution in [2.45, 2.75) is 6.92 Å². The van der Waals surface area contributed by atoms with Crippen LogP contribution in [0.25, 0.3) is 22.4 Å². The second kappa shape index (κ2) is 7.14.